The lowest BCUT2D eigenvalue weighted by atomic mass is 10.1. The molecule has 2 amide bonds. The molecule has 158 valence electrons. The molecule has 2 N–H and O–H groups in total. The normalized spacial score (nSPS) is 12.4. The Morgan fingerprint density at radius 2 is 1.76 bits per heavy atom. The number of aliphatic carboxylic acids is 1. The molecule has 0 aliphatic rings. The van der Waals surface area contributed by atoms with E-state index < -0.39 is 42.3 Å². The lowest BCUT2D eigenvalue weighted by molar-refractivity contribution is -0.170. The van der Waals surface area contributed by atoms with Crippen molar-refractivity contribution in [2.45, 2.75) is 45.0 Å². The summed E-state index contributed by atoms with van der Waals surface area (Å²) in [7, 11) is 0. The number of alkyl carbamates (subject to hydrolysis) is 1. The van der Waals surface area contributed by atoms with Crippen LogP contribution in [0, 0.1) is 12.3 Å². The average Bonchev–Trinajstić information content (AvgIpc) is 2.56. The minimum Gasteiger partial charge on any atom is -0.480 e. The summed E-state index contributed by atoms with van der Waals surface area (Å²) in [4.78, 5) is 35.1. The Morgan fingerprint density at radius 3 is 2.17 bits per heavy atom. The Labute approximate surface area is 165 Å². The van der Waals surface area contributed by atoms with Gasteiger partial charge in [-0.25, -0.2) is 9.59 Å². The molecule has 0 bridgehead atoms. The Bertz CT molecular complexity index is 792. The maximum Gasteiger partial charge on any atom is 0.471 e. The zero-order valence-electron chi connectivity index (χ0n) is 16.0. The molecule has 0 radical (unpaired) electrons. The number of nitrogens with zero attached hydrogens (tertiary/aromatic N) is 1. The van der Waals surface area contributed by atoms with Crippen LogP contribution in [-0.2, 0) is 20.7 Å². The fourth-order valence-corrected chi connectivity index (χ4v) is 2.22. The number of carbonyl (C=O) groups is 3. The first-order valence-electron chi connectivity index (χ1n) is 8.38. The smallest absolute Gasteiger partial charge is 0.471 e. The summed E-state index contributed by atoms with van der Waals surface area (Å²) in [5.41, 5.74) is -0.515. The molecule has 1 aromatic carbocycles. The number of carboxylic acids is 1. The van der Waals surface area contributed by atoms with Crippen LogP contribution in [0.15, 0.2) is 24.3 Å². The van der Waals surface area contributed by atoms with Crippen LogP contribution in [0.5, 0.6) is 0 Å². The predicted octanol–water partition coefficient (Wildman–Crippen LogP) is 2.74. The number of carboxylic acid groups (broad SMARTS) is 1. The maximum atomic E-state index is 12.7. The minimum absolute atomic E-state index is 0.0963. The second-order valence-electron chi connectivity index (χ2n) is 7.00. The number of amides is 2. The van der Waals surface area contributed by atoms with E-state index in [1.54, 1.807) is 20.8 Å². The third-order valence-corrected chi connectivity index (χ3v) is 3.41. The van der Waals surface area contributed by atoms with Crippen LogP contribution in [0.25, 0.3) is 0 Å². The van der Waals surface area contributed by atoms with Crippen molar-refractivity contribution in [3.8, 4) is 12.3 Å². The lowest BCUT2D eigenvalue weighted by Crippen LogP contribution is -2.44. The van der Waals surface area contributed by atoms with Crippen LogP contribution >= 0.6 is 0 Å². The molecule has 0 spiro atoms. The van der Waals surface area contributed by atoms with Crippen LogP contribution in [0.2, 0.25) is 0 Å². The molecule has 0 heterocycles. The Morgan fingerprint density at radius 1 is 1.21 bits per heavy atom. The highest BCUT2D eigenvalue weighted by molar-refractivity contribution is 5.97. The zero-order chi connectivity index (χ0) is 22.4. The van der Waals surface area contributed by atoms with Gasteiger partial charge >= 0.3 is 24.1 Å². The Hall–Kier alpha value is -3.22. The van der Waals surface area contributed by atoms with E-state index in [1.165, 1.54) is 24.3 Å². The highest BCUT2D eigenvalue weighted by atomic mass is 19.4. The number of halogens is 3. The number of carbonyl (C=O) groups excluding carboxylic acids is 2. The van der Waals surface area contributed by atoms with Gasteiger partial charge in [-0.15, -0.1) is 6.42 Å². The van der Waals surface area contributed by atoms with Gasteiger partial charge in [0.15, 0.2) is 0 Å². The van der Waals surface area contributed by atoms with Crippen molar-refractivity contribution in [3.63, 3.8) is 0 Å². The topological polar surface area (TPSA) is 95.9 Å². The molecule has 0 aromatic heterocycles. The highest BCUT2D eigenvalue weighted by Crippen LogP contribution is 2.24. The van der Waals surface area contributed by atoms with Gasteiger partial charge in [0.05, 0.1) is 6.54 Å². The van der Waals surface area contributed by atoms with E-state index in [1.807, 2.05) is 5.92 Å². The van der Waals surface area contributed by atoms with Gasteiger partial charge in [0.2, 0.25) is 0 Å². The summed E-state index contributed by atoms with van der Waals surface area (Å²) in [6, 6.07) is 3.78. The van der Waals surface area contributed by atoms with Gasteiger partial charge < -0.3 is 15.2 Å². The number of terminal acetylenes is 1. The molecule has 1 atom stereocenters. The molecule has 0 saturated heterocycles. The molecule has 7 nitrogen and oxygen atoms in total. The zero-order valence-corrected chi connectivity index (χ0v) is 16.0. The van der Waals surface area contributed by atoms with Crippen molar-refractivity contribution in [2.24, 2.45) is 0 Å². The quantitative estimate of drug-likeness (QED) is 0.698. The molecule has 1 aromatic rings. The summed E-state index contributed by atoms with van der Waals surface area (Å²) >= 11 is 0. The van der Waals surface area contributed by atoms with E-state index >= 15 is 0 Å². The number of nitrogens with one attached hydrogen (secondary N) is 1. The fourth-order valence-electron chi connectivity index (χ4n) is 2.22. The van der Waals surface area contributed by atoms with E-state index in [-0.39, 0.29) is 12.1 Å². The minimum atomic E-state index is -5.10. The van der Waals surface area contributed by atoms with E-state index in [9.17, 15) is 32.7 Å². The number of rotatable bonds is 6. The first kappa shape index (κ1) is 23.8. The first-order valence-corrected chi connectivity index (χ1v) is 8.38. The van der Waals surface area contributed by atoms with Gasteiger partial charge in [-0.2, -0.15) is 13.2 Å². The van der Waals surface area contributed by atoms with Gasteiger partial charge in [0.25, 0.3) is 0 Å². The molecule has 0 fully saturated rings. The largest absolute Gasteiger partial charge is 0.480 e. The SMILES string of the molecule is C#CCN(C(=O)C(F)(F)F)c1ccc(C[C@H](NC(=O)OC(C)(C)C)C(=O)O)cc1. The molecule has 0 aliphatic carbocycles. The molecular weight excluding hydrogens is 393 g/mol. The van der Waals surface area contributed by atoms with Crippen LogP contribution in [0.3, 0.4) is 0 Å². The molecule has 10 heteroatoms. The average molecular weight is 414 g/mol. The van der Waals surface area contributed by atoms with Crippen molar-refractivity contribution < 1.29 is 37.4 Å². The van der Waals surface area contributed by atoms with Gasteiger partial charge in [-0.3, -0.25) is 9.69 Å². The molecule has 1 rings (SSSR count). The van der Waals surface area contributed by atoms with Crippen molar-refractivity contribution in [2.75, 3.05) is 11.4 Å². The maximum absolute atomic E-state index is 12.7. The van der Waals surface area contributed by atoms with E-state index in [4.69, 9.17) is 11.2 Å². The Kier molecular flexibility index (Phi) is 7.65. The number of ether oxygens (including phenoxy) is 1. The molecule has 0 aliphatic heterocycles. The van der Waals surface area contributed by atoms with E-state index in [2.05, 4.69) is 5.32 Å². The van der Waals surface area contributed by atoms with Crippen molar-refractivity contribution in [1.29, 1.82) is 0 Å². The third-order valence-electron chi connectivity index (χ3n) is 3.41. The third kappa shape index (κ3) is 7.73. The van der Waals surface area contributed by atoms with E-state index in [0.29, 0.717) is 10.5 Å². The second-order valence-corrected chi connectivity index (χ2v) is 7.00. The van der Waals surface area contributed by atoms with Gasteiger partial charge in [-0.05, 0) is 38.5 Å². The standard InChI is InChI=1S/C19H21F3N2O5/c1-5-10-24(16(27)19(20,21)22)13-8-6-12(7-9-13)11-14(15(25)26)23-17(28)29-18(2,3)4/h1,6-9,14H,10-11H2,2-4H3,(H,23,28)(H,25,26)/t14-/m0/s1. The molecule has 0 unspecified atom stereocenters. The summed E-state index contributed by atoms with van der Waals surface area (Å²) in [6.45, 7) is 4.26. The number of benzene rings is 1. The molecule has 0 saturated carbocycles. The van der Waals surface area contributed by atoms with Gasteiger partial charge in [0.1, 0.15) is 11.6 Å². The summed E-state index contributed by atoms with van der Waals surface area (Å²) in [6.07, 6.45) is -1.13. The predicted molar refractivity (Wildman–Crippen MR) is 98.2 cm³/mol. The number of anilines is 1. The summed E-state index contributed by atoms with van der Waals surface area (Å²) < 4.78 is 43.1. The Balaban J connectivity index is 2.95. The summed E-state index contributed by atoms with van der Waals surface area (Å²) in [5.74, 6) is -1.44. The monoisotopic (exact) mass is 414 g/mol. The van der Waals surface area contributed by atoms with Crippen molar-refractivity contribution in [3.05, 3.63) is 29.8 Å². The highest BCUT2D eigenvalue weighted by Gasteiger charge is 2.42. The van der Waals surface area contributed by atoms with Crippen molar-refractivity contribution >= 4 is 23.7 Å². The van der Waals surface area contributed by atoms with Crippen LogP contribution in [0.1, 0.15) is 26.3 Å². The second kappa shape index (κ2) is 9.32. The molecule has 29 heavy (non-hydrogen) atoms. The first-order chi connectivity index (χ1) is 13.2. The summed E-state index contributed by atoms with van der Waals surface area (Å²) in [5, 5.41) is 11.5. The number of hydrogen-bond donors (Lipinski definition) is 2. The number of hydrogen-bond acceptors (Lipinski definition) is 4. The van der Waals surface area contributed by atoms with Crippen LogP contribution in [0.4, 0.5) is 23.7 Å². The van der Waals surface area contributed by atoms with E-state index in [0.717, 1.165) is 0 Å². The fraction of sp³-hybridized carbons (Fsp3) is 0.421. The van der Waals surface area contributed by atoms with Gasteiger partial charge in [-0.1, -0.05) is 18.1 Å². The number of alkyl halides is 3. The van der Waals surface area contributed by atoms with Crippen LogP contribution < -0.4 is 10.2 Å². The van der Waals surface area contributed by atoms with Gasteiger partial charge in [0, 0.05) is 12.1 Å². The molecular formula is C19H21F3N2O5. The van der Waals surface area contributed by atoms with Crippen LogP contribution in [-0.4, -0.2) is 47.4 Å². The lowest BCUT2D eigenvalue weighted by Gasteiger charge is -2.23. The van der Waals surface area contributed by atoms with Crippen molar-refractivity contribution in [1.82, 2.24) is 5.32 Å².